The number of allylic oxidation sites excluding steroid dienone is 1. The van der Waals surface area contributed by atoms with Crippen LogP contribution in [0.3, 0.4) is 0 Å². The van der Waals surface area contributed by atoms with E-state index in [-0.39, 0.29) is 51.2 Å². The normalized spacial score (nSPS) is 22.6. The topological polar surface area (TPSA) is 118 Å². The molecule has 0 amide bonds. The molecule has 10 nitrogen and oxygen atoms in total. The third kappa shape index (κ3) is 3.50. The van der Waals surface area contributed by atoms with Crippen LogP contribution in [0.1, 0.15) is 40.7 Å². The Morgan fingerprint density at radius 1 is 0.976 bits per heavy atom. The van der Waals surface area contributed by atoms with Gasteiger partial charge < -0.3 is 19.5 Å². The summed E-state index contributed by atoms with van der Waals surface area (Å²) in [5.74, 6) is -2.12. The molecular weight excluding hydrogens is 573 g/mol. The van der Waals surface area contributed by atoms with Gasteiger partial charge in [0.1, 0.15) is 27.9 Å². The minimum Gasteiger partial charge on any atom is -0.496 e. The minimum atomic E-state index is -1.97. The highest BCUT2D eigenvalue weighted by Crippen LogP contribution is 2.56. The van der Waals surface area contributed by atoms with E-state index in [4.69, 9.17) is 37.4 Å². The Hall–Kier alpha value is -4.02. The number of carbonyl (C=O) groups is 2. The molecule has 6 rings (SSSR count). The van der Waals surface area contributed by atoms with Gasteiger partial charge in [0.05, 0.1) is 19.8 Å². The monoisotopic (exact) mass is 597 g/mol. The van der Waals surface area contributed by atoms with Gasteiger partial charge in [-0.2, -0.15) is 0 Å². The fraction of sp³-hybridized carbons (Fsp3) is 0.310. The summed E-state index contributed by atoms with van der Waals surface area (Å²) in [6.45, 7) is 1.74. The first-order valence-corrected chi connectivity index (χ1v) is 13.5. The predicted octanol–water partition coefficient (Wildman–Crippen LogP) is 3.84. The number of ketones is 2. The van der Waals surface area contributed by atoms with E-state index < -0.39 is 40.3 Å². The second kappa shape index (κ2) is 9.25. The van der Waals surface area contributed by atoms with Gasteiger partial charge in [-0.25, -0.2) is 4.79 Å². The van der Waals surface area contributed by atoms with Crippen molar-refractivity contribution in [1.82, 2.24) is 9.13 Å². The van der Waals surface area contributed by atoms with Crippen LogP contribution in [0.15, 0.2) is 51.2 Å². The largest absolute Gasteiger partial charge is 0.496 e. The van der Waals surface area contributed by atoms with Gasteiger partial charge in [0, 0.05) is 48.3 Å². The van der Waals surface area contributed by atoms with Crippen molar-refractivity contribution in [2.24, 2.45) is 20.0 Å². The zero-order chi connectivity index (χ0) is 29.5. The first kappa shape index (κ1) is 27.2. The number of methoxy groups -OCH3 is 2. The summed E-state index contributed by atoms with van der Waals surface area (Å²) in [5.41, 5.74) is -1.56. The van der Waals surface area contributed by atoms with Crippen LogP contribution in [-0.4, -0.2) is 40.5 Å². The van der Waals surface area contributed by atoms with Gasteiger partial charge in [-0.05, 0) is 24.1 Å². The number of hydrogen-bond acceptors (Lipinski definition) is 8. The van der Waals surface area contributed by atoms with Gasteiger partial charge in [0.2, 0.25) is 17.2 Å². The van der Waals surface area contributed by atoms with Crippen LogP contribution in [-0.2, 0) is 18.9 Å². The summed E-state index contributed by atoms with van der Waals surface area (Å²) < 4.78 is 19.5. The average molecular weight is 598 g/mol. The summed E-state index contributed by atoms with van der Waals surface area (Å²) in [6.07, 6.45) is 0.199. The summed E-state index contributed by atoms with van der Waals surface area (Å²) in [6, 6.07) is 8.21. The maximum absolute atomic E-state index is 14.8. The van der Waals surface area contributed by atoms with Crippen molar-refractivity contribution in [2.75, 3.05) is 19.5 Å². The number of hydrogen-bond donors (Lipinski definition) is 1. The molecule has 3 atom stereocenters. The molecule has 1 aliphatic carbocycles. The highest BCUT2D eigenvalue weighted by Gasteiger charge is 2.63. The highest BCUT2D eigenvalue weighted by atomic mass is 35.5. The number of benzene rings is 2. The number of halogens is 2. The number of fused-ring (bicyclic) bond motifs is 2. The van der Waals surface area contributed by atoms with Gasteiger partial charge in [0.15, 0.2) is 5.75 Å². The van der Waals surface area contributed by atoms with E-state index in [0.29, 0.717) is 16.3 Å². The molecule has 12 heteroatoms. The van der Waals surface area contributed by atoms with E-state index in [0.717, 1.165) is 4.57 Å². The van der Waals surface area contributed by atoms with E-state index >= 15 is 0 Å². The molecule has 1 N–H and O–H groups in total. The van der Waals surface area contributed by atoms with Gasteiger partial charge in [-0.15, -0.1) is 0 Å². The summed E-state index contributed by atoms with van der Waals surface area (Å²) in [5, 5.41) is 3.69. The second-order valence-electron chi connectivity index (χ2n) is 10.4. The first-order chi connectivity index (χ1) is 19.5. The molecule has 0 saturated carbocycles. The molecule has 0 fully saturated rings. The lowest BCUT2D eigenvalue weighted by atomic mass is 9.66. The van der Waals surface area contributed by atoms with Crippen molar-refractivity contribution in [2.45, 2.75) is 24.9 Å². The fourth-order valence-corrected chi connectivity index (χ4v) is 6.57. The number of carbonyl (C=O) groups excluding carboxylic acids is 2. The molecule has 3 heterocycles. The van der Waals surface area contributed by atoms with Crippen LogP contribution in [0.4, 0.5) is 5.82 Å². The fourth-order valence-electron chi connectivity index (χ4n) is 6.18. The Morgan fingerprint density at radius 3 is 2.27 bits per heavy atom. The van der Waals surface area contributed by atoms with E-state index in [1.165, 1.54) is 31.9 Å². The minimum absolute atomic E-state index is 0.00244. The number of ether oxygens (including phenoxy) is 3. The molecule has 3 aliphatic rings. The van der Waals surface area contributed by atoms with Gasteiger partial charge >= 0.3 is 5.69 Å². The molecule has 1 spiro atoms. The Bertz CT molecular complexity index is 1840. The number of aromatic nitrogens is 2. The zero-order valence-corrected chi connectivity index (χ0v) is 24.3. The maximum atomic E-state index is 14.8. The Labute approximate surface area is 244 Å². The highest BCUT2D eigenvalue weighted by molar-refractivity contribution is 6.36. The van der Waals surface area contributed by atoms with Crippen molar-refractivity contribution in [3.8, 4) is 17.2 Å². The molecule has 0 bridgehead atoms. The number of Topliss-reactive ketones (excluding diaryl/α,β-unsaturated/α-hetero) is 2. The van der Waals surface area contributed by atoms with E-state index in [9.17, 15) is 19.2 Å². The van der Waals surface area contributed by atoms with Crippen LogP contribution >= 0.6 is 23.2 Å². The summed E-state index contributed by atoms with van der Waals surface area (Å²) in [4.78, 5) is 55.5. The van der Waals surface area contributed by atoms with Gasteiger partial charge in [-0.3, -0.25) is 23.5 Å². The maximum Gasteiger partial charge on any atom is 0.332 e. The molecule has 2 aromatic carbocycles. The molecule has 41 heavy (non-hydrogen) atoms. The number of rotatable bonds is 3. The lowest BCUT2D eigenvalue weighted by Crippen LogP contribution is -2.58. The van der Waals surface area contributed by atoms with E-state index in [1.807, 2.05) is 0 Å². The van der Waals surface area contributed by atoms with Crippen molar-refractivity contribution in [3.63, 3.8) is 0 Å². The first-order valence-electron chi connectivity index (χ1n) is 12.8. The molecule has 0 saturated heterocycles. The zero-order valence-electron chi connectivity index (χ0n) is 22.8. The van der Waals surface area contributed by atoms with E-state index in [2.05, 4.69) is 5.32 Å². The lowest BCUT2D eigenvalue weighted by molar-refractivity contribution is -0.130. The summed E-state index contributed by atoms with van der Waals surface area (Å²) in [7, 11) is 5.74. The molecule has 2 aliphatic heterocycles. The van der Waals surface area contributed by atoms with Crippen LogP contribution < -0.4 is 30.8 Å². The second-order valence-corrected chi connectivity index (χ2v) is 11.2. The van der Waals surface area contributed by atoms with E-state index in [1.54, 1.807) is 38.2 Å². The number of nitrogens with one attached hydrogen (secondary N) is 1. The smallest absolute Gasteiger partial charge is 0.332 e. The Kier molecular flexibility index (Phi) is 6.13. The third-order valence-corrected chi connectivity index (χ3v) is 8.89. The number of nitrogens with zero attached hydrogens (tertiary/aromatic N) is 2. The van der Waals surface area contributed by atoms with Crippen molar-refractivity contribution in [1.29, 1.82) is 0 Å². The number of anilines is 1. The third-order valence-electron chi connectivity index (χ3n) is 8.28. The van der Waals surface area contributed by atoms with Crippen LogP contribution in [0.5, 0.6) is 17.2 Å². The quantitative estimate of drug-likeness (QED) is 0.452. The van der Waals surface area contributed by atoms with Gasteiger partial charge in [0.25, 0.3) is 5.56 Å². The molecule has 0 radical (unpaired) electrons. The molecule has 1 unspecified atom stereocenters. The molecule has 1 aromatic heterocycles. The van der Waals surface area contributed by atoms with Crippen molar-refractivity contribution < 1.29 is 23.8 Å². The van der Waals surface area contributed by atoms with Crippen LogP contribution in [0.2, 0.25) is 10.0 Å². The standard InChI is InChI=1S/C29H25Cl2N3O7/c1-12-10-15-19(24(35)29(12)25(36)20-16(39-4)11-17(40-5)22(31)23(20)41-29)18(13-6-8-14(30)9-7-13)21-26(32-15)33(2)28(38)34(3)27(21)37/h6-9,11-12,18,32H,10H2,1-5H3/t12-,18?,29+/m1/s1. The lowest BCUT2D eigenvalue weighted by Gasteiger charge is -2.42. The van der Waals surface area contributed by atoms with Crippen LogP contribution in [0.25, 0.3) is 0 Å². The Morgan fingerprint density at radius 2 is 1.63 bits per heavy atom. The average Bonchev–Trinajstić information content (AvgIpc) is 3.28. The Balaban J connectivity index is 1.61. The SMILES string of the molecule is COc1cc(OC)c2c(c1Cl)O[C@@]1(C(=O)C3=C(C[C@H]1C)Nc1c(c(=O)n(C)c(=O)n1C)C3c1ccc(Cl)cc1)C2=O. The molecule has 3 aromatic rings. The summed E-state index contributed by atoms with van der Waals surface area (Å²) >= 11 is 12.8. The molecular formula is C29H25Cl2N3O7. The van der Waals surface area contributed by atoms with Gasteiger partial charge in [-0.1, -0.05) is 42.3 Å². The predicted molar refractivity (Wildman–Crippen MR) is 152 cm³/mol. The van der Waals surface area contributed by atoms with Crippen molar-refractivity contribution in [3.05, 3.63) is 89.2 Å². The van der Waals surface area contributed by atoms with Crippen LogP contribution in [0, 0.1) is 5.92 Å². The molecule has 212 valence electrons. The van der Waals surface area contributed by atoms with Crippen molar-refractivity contribution >= 4 is 40.6 Å².